The molecule has 0 bridgehead atoms. The van der Waals surface area contributed by atoms with Crippen molar-refractivity contribution in [2.75, 3.05) is 39.8 Å². The number of sulfonamides is 1. The van der Waals surface area contributed by atoms with E-state index in [1.54, 1.807) is 36.4 Å². The van der Waals surface area contributed by atoms with E-state index in [-0.39, 0.29) is 10.8 Å². The Morgan fingerprint density at radius 2 is 1.74 bits per heavy atom. The third kappa shape index (κ3) is 6.67. The molecule has 1 amide bonds. The van der Waals surface area contributed by atoms with Gasteiger partial charge in [-0.05, 0) is 43.3 Å². The number of nitrogens with one attached hydrogen (secondary N) is 1. The van der Waals surface area contributed by atoms with E-state index in [9.17, 15) is 13.2 Å². The molecule has 7 nitrogen and oxygen atoms in total. The molecule has 3 rings (SSSR count). The first-order chi connectivity index (χ1) is 14.9. The van der Waals surface area contributed by atoms with Crippen LogP contribution in [-0.4, -0.2) is 63.4 Å². The fourth-order valence-corrected chi connectivity index (χ4v) is 4.83. The molecule has 1 heterocycles. The van der Waals surface area contributed by atoms with E-state index in [1.807, 2.05) is 19.2 Å². The number of likely N-dealkylation sites (N-methyl/N-ethyl adjacent to an activating group) is 1. The standard InChI is InChI=1S/C22H28ClN3O4S/c1-25-12-14-26(15-13-25)31(28,29)19-10-8-18(9-11-19)17-24-22(27)7-4-16-30-21-6-3-2-5-20(21)23/h2-3,5-6,8-11H,4,7,12-17H2,1H3,(H,24,27). The number of rotatable bonds is 9. The summed E-state index contributed by atoms with van der Waals surface area (Å²) in [6, 6.07) is 13.9. The van der Waals surface area contributed by atoms with E-state index in [4.69, 9.17) is 16.3 Å². The summed E-state index contributed by atoms with van der Waals surface area (Å²) in [5.74, 6) is 0.521. The minimum absolute atomic E-state index is 0.0862. The average molecular weight is 466 g/mol. The Balaban J connectivity index is 1.41. The molecule has 0 unspecified atom stereocenters. The molecule has 2 aromatic carbocycles. The van der Waals surface area contributed by atoms with Crippen molar-refractivity contribution in [2.24, 2.45) is 0 Å². The number of amides is 1. The summed E-state index contributed by atoms with van der Waals surface area (Å²) in [5.41, 5.74) is 0.845. The summed E-state index contributed by atoms with van der Waals surface area (Å²) >= 11 is 6.03. The largest absolute Gasteiger partial charge is 0.492 e. The Bertz CT molecular complexity index is 975. The van der Waals surface area contributed by atoms with Gasteiger partial charge in [-0.1, -0.05) is 35.9 Å². The fraction of sp³-hybridized carbons (Fsp3) is 0.409. The molecule has 2 aromatic rings. The molecular weight excluding hydrogens is 438 g/mol. The lowest BCUT2D eigenvalue weighted by Gasteiger charge is -2.31. The van der Waals surface area contributed by atoms with E-state index in [0.29, 0.717) is 49.9 Å². The van der Waals surface area contributed by atoms with Crippen LogP contribution in [0.2, 0.25) is 5.02 Å². The number of ether oxygens (including phenoxy) is 1. The molecule has 1 saturated heterocycles. The number of carbonyl (C=O) groups is 1. The lowest BCUT2D eigenvalue weighted by Crippen LogP contribution is -2.47. The Morgan fingerprint density at radius 3 is 2.42 bits per heavy atom. The molecule has 0 aliphatic carbocycles. The Kier molecular flexibility index (Phi) is 8.31. The van der Waals surface area contributed by atoms with Gasteiger partial charge in [-0.25, -0.2) is 8.42 Å². The summed E-state index contributed by atoms with van der Waals surface area (Å²) in [6.07, 6.45) is 0.902. The Hall–Kier alpha value is -2.13. The topological polar surface area (TPSA) is 79.0 Å². The highest BCUT2D eigenvalue weighted by Gasteiger charge is 2.27. The zero-order chi connectivity index (χ0) is 22.3. The second-order valence-electron chi connectivity index (χ2n) is 7.51. The minimum Gasteiger partial charge on any atom is -0.492 e. The van der Waals surface area contributed by atoms with Gasteiger partial charge < -0.3 is 15.0 Å². The normalized spacial score (nSPS) is 15.5. The molecule has 31 heavy (non-hydrogen) atoms. The first-order valence-electron chi connectivity index (χ1n) is 10.3. The molecule has 9 heteroatoms. The molecule has 0 saturated carbocycles. The van der Waals surface area contributed by atoms with Crippen LogP contribution >= 0.6 is 11.6 Å². The lowest BCUT2D eigenvalue weighted by molar-refractivity contribution is -0.121. The van der Waals surface area contributed by atoms with Gasteiger partial charge in [0.1, 0.15) is 5.75 Å². The number of hydrogen-bond acceptors (Lipinski definition) is 5. The first-order valence-corrected chi connectivity index (χ1v) is 12.1. The molecular formula is C22H28ClN3O4S. The number of hydrogen-bond donors (Lipinski definition) is 1. The molecule has 168 valence electrons. The quantitative estimate of drug-likeness (QED) is 0.576. The summed E-state index contributed by atoms with van der Waals surface area (Å²) in [4.78, 5) is 14.4. The second-order valence-corrected chi connectivity index (χ2v) is 9.86. The van der Waals surface area contributed by atoms with Gasteiger partial charge in [-0.3, -0.25) is 4.79 Å². The summed E-state index contributed by atoms with van der Waals surface area (Å²) < 4.78 is 32.6. The van der Waals surface area contributed by atoms with Crippen LogP contribution in [0.4, 0.5) is 0 Å². The number of carbonyl (C=O) groups excluding carboxylic acids is 1. The van der Waals surface area contributed by atoms with Gasteiger partial charge in [0.2, 0.25) is 15.9 Å². The molecule has 1 aliphatic heterocycles. The highest BCUT2D eigenvalue weighted by Crippen LogP contribution is 2.23. The van der Waals surface area contributed by atoms with Gasteiger partial charge in [0.05, 0.1) is 16.5 Å². The van der Waals surface area contributed by atoms with E-state index in [2.05, 4.69) is 10.2 Å². The molecule has 1 N–H and O–H groups in total. The van der Waals surface area contributed by atoms with Gasteiger partial charge in [0, 0.05) is 39.1 Å². The minimum atomic E-state index is -3.48. The van der Waals surface area contributed by atoms with Crippen molar-refractivity contribution in [2.45, 2.75) is 24.3 Å². The summed E-state index contributed by atoms with van der Waals surface area (Å²) in [6.45, 7) is 3.20. The van der Waals surface area contributed by atoms with Crippen LogP contribution in [0, 0.1) is 0 Å². The molecule has 0 atom stereocenters. The van der Waals surface area contributed by atoms with Crippen molar-refractivity contribution in [3.63, 3.8) is 0 Å². The smallest absolute Gasteiger partial charge is 0.243 e. The van der Waals surface area contributed by atoms with Crippen LogP contribution in [0.1, 0.15) is 18.4 Å². The number of halogens is 1. The van der Waals surface area contributed by atoms with Crippen LogP contribution in [0.15, 0.2) is 53.4 Å². The molecule has 0 spiro atoms. The van der Waals surface area contributed by atoms with Gasteiger partial charge >= 0.3 is 0 Å². The number of benzene rings is 2. The summed E-state index contributed by atoms with van der Waals surface area (Å²) in [7, 11) is -1.49. The second kappa shape index (κ2) is 10.9. The maximum atomic E-state index is 12.8. The number of piperazine rings is 1. The number of nitrogens with zero attached hydrogens (tertiary/aromatic N) is 2. The SMILES string of the molecule is CN1CCN(S(=O)(=O)c2ccc(CNC(=O)CCCOc3ccccc3Cl)cc2)CC1. The predicted octanol–water partition coefficient (Wildman–Crippen LogP) is 2.75. The number of para-hydroxylation sites is 1. The summed E-state index contributed by atoms with van der Waals surface area (Å²) in [5, 5.41) is 3.40. The third-order valence-electron chi connectivity index (χ3n) is 5.16. The van der Waals surface area contributed by atoms with Crippen LogP contribution < -0.4 is 10.1 Å². The highest BCUT2D eigenvalue weighted by atomic mass is 35.5. The Morgan fingerprint density at radius 1 is 1.06 bits per heavy atom. The maximum Gasteiger partial charge on any atom is 0.243 e. The van der Waals surface area contributed by atoms with Crippen molar-refractivity contribution in [1.82, 2.24) is 14.5 Å². The average Bonchev–Trinajstić information content (AvgIpc) is 2.77. The lowest BCUT2D eigenvalue weighted by atomic mass is 10.2. The fourth-order valence-electron chi connectivity index (χ4n) is 3.22. The third-order valence-corrected chi connectivity index (χ3v) is 7.38. The van der Waals surface area contributed by atoms with Crippen LogP contribution in [-0.2, 0) is 21.4 Å². The molecule has 0 radical (unpaired) electrons. The first kappa shape index (κ1) is 23.5. The molecule has 0 aromatic heterocycles. The van der Waals surface area contributed by atoms with Crippen molar-refractivity contribution in [1.29, 1.82) is 0 Å². The maximum absolute atomic E-state index is 12.8. The molecule has 1 fully saturated rings. The monoisotopic (exact) mass is 465 g/mol. The van der Waals surface area contributed by atoms with E-state index < -0.39 is 10.0 Å². The van der Waals surface area contributed by atoms with E-state index in [0.717, 1.165) is 18.7 Å². The van der Waals surface area contributed by atoms with Crippen LogP contribution in [0.25, 0.3) is 0 Å². The van der Waals surface area contributed by atoms with E-state index >= 15 is 0 Å². The highest BCUT2D eigenvalue weighted by molar-refractivity contribution is 7.89. The van der Waals surface area contributed by atoms with Gasteiger partial charge in [0.15, 0.2) is 0 Å². The molecule has 1 aliphatic rings. The Labute approximate surface area is 189 Å². The van der Waals surface area contributed by atoms with Crippen LogP contribution in [0.5, 0.6) is 5.75 Å². The van der Waals surface area contributed by atoms with Gasteiger partial charge in [-0.15, -0.1) is 0 Å². The van der Waals surface area contributed by atoms with Crippen molar-refractivity contribution in [3.8, 4) is 5.75 Å². The van der Waals surface area contributed by atoms with Gasteiger partial charge in [0.25, 0.3) is 0 Å². The van der Waals surface area contributed by atoms with Crippen LogP contribution in [0.3, 0.4) is 0 Å². The predicted molar refractivity (Wildman–Crippen MR) is 121 cm³/mol. The zero-order valence-electron chi connectivity index (χ0n) is 17.6. The van der Waals surface area contributed by atoms with E-state index in [1.165, 1.54) is 4.31 Å². The van der Waals surface area contributed by atoms with Crippen molar-refractivity contribution in [3.05, 3.63) is 59.1 Å². The zero-order valence-corrected chi connectivity index (χ0v) is 19.2. The van der Waals surface area contributed by atoms with Crippen molar-refractivity contribution >= 4 is 27.5 Å². The van der Waals surface area contributed by atoms with Crippen molar-refractivity contribution < 1.29 is 17.9 Å². The van der Waals surface area contributed by atoms with Gasteiger partial charge in [-0.2, -0.15) is 4.31 Å².